The lowest BCUT2D eigenvalue weighted by atomic mass is 9.96. The molecule has 272 valence electrons. The molecule has 0 aliphatic carbocycles. The smallest absolute Gasteiger partial charge is 0.208 e. The van der Waals surface area contributed by atoms with Gasteiger partial charge in [-0.25, -0.2) is 9.98 Å². The summed E-state index contributed by atoms with van der Waals surface area (Å²) in [7, 11) is 0. The van der Waals surface area contributed by atoms with Crippen LogP contribution in [-0.4, -0.2) is 48.5 Å². The van der Waals surface area contributed by atoms with E-state index in [2.05, 4.69) is 28.4 Å². The molecule has 0 fully saturated rings. The van der Waals surface area contributed by atoms with Crippen molar-refractivity contribution in [2.45, 2.75) is 6.54 Å². The van der Waals surface area contributed by atoms with Crippen LogP contribution < -0.4 is 0 Å². The normalized spacial score (nSPS) is 12.3. The van der Waals surface area contributed by atoms with Crippen molar-refractivity contribution in [1.82, 2.24) is 4.57 Å². The van der Waals surface area contributed by atoms with Crippen molar-refractivity contribution < 1.29 is 25.5 Å². The average molecular weight is 753 g/mol. The van der Waals surface area contributed by atoms with Gasteiger partial charge in [-0.15, -0.1) is 11.3 Å². The zero-order chi connectivity index (χ0) is 38.5. The minimum atomic E-state index is -1.01. The average Bonchev–Trinajstić information content (AvgIpc) is 3.80. The van der Waals surface area contributed by atoms with Gasteiger partial charge in [0.2, 0.25) is 17.2 Å². The lowest BCUT2D eigenvalue weighted by Gasteiger charge is -2.14. The van der Waals surface area contributed by atoms with E-state index in [4.69, 9.17) is 9.98 Å². The van der Waals surface area contributed by atoms with Crippen LogP contribution in [0.1, 0.15) is 16.7 Å². The second kappa shape index (κ2) is 13.8. The number of aliphatic imine (C=N–C) groups is 3. The van der Waals surface area contributed by atoms with Gasteiger partial charge in [0.1, 0.15) is 0 Å². The molecule has 56 heavy (non-hydrogen) atoms. The standard InChI is InChI=1S/C46H32N4O5S/c1-47-46(49-45(27-15-6-3-7-16-27)48-25-26-13-4-2-5-14-26)30-19-11-23-34-37(30)39-33(22-12-24-35(39)56-34)50-31-20-9-8-17-28(31)36-29(18-10-21-32(36)50)38-40(51)42(53)44(55)43(54)41(38)52/h2-24,51-55H,1,25H2. The Morgan fingerprint density at radius 3 is 1.89 bits per heavy atom. The Morgan fingerprint density at radius 1 is 0.554 bits per heavy atom. The molecule has 9 nitrogen and oxygen atoms in total. The maximum absolute atomic E-state index is 11.0. The first-order valence-corrected chi connectivity index (χ1v) is 18.5. The summed E-state index contributed by atoms with van der Waals surface area (Å²) in [5, 5.41) is 56.6. The molecule has 0 radical (unpaired) electrons. The molecule has 2 heterocycles. The van der Waals surface area contributed by atoms with Crippen molar-refractivity contribution in [3.05, 3.63) is 156 Å². The van der Waals surface area contributed by atoms with Crippen LogP contribution in [-0.2, 0) is 6.54 Å². The highest BCUT2D eigenvalue weighted by Gasteiger charge is 2.28. The van der Waals surface area contributed by atoms with E-state index in [1.165, 1.54) is 0 Å². The number of fused-ring (bicyclic) bond motifs is 6. The van der Waals surface area contributed by atoms with Crippen LogP contribution in [0.5, 0.6) is 28.7 Å². The van der Waals surface area contributed by atoms with Crippen molar-refractivity contribution in [2.75, 3.05) is 0 Å². The second-order valence-electron chi connectivity index (χ2n) is 13.2. The molecule has 7 aromatic carbocycles. The zero-order valence-corrected chi connectivity index (χ0v) is 30.4. The third-order valence-corrected chi connectivity index (χ3v) is 11.1. The number of hydrogen-bond acceptors (Lipinski definition) is 7. The largest absolute Gasteiger partial charge is 0.504 e. The summed E-state index contributed by atoms with van der Waals surface area (Å²) >= 11 is 1.65. The number of phenols is 5. The number of amidine groups is 2. The fourth-order valence-electron chi connectivity index (χ4n) is 7.46. The summed E-state index contributed by atoms with van der Waals surface area (Å²) < 4.78 is 4.18. The van der Waals surface area contributed by atoms with Gasteiger partial charge < -0.3 is 30.1 Å². The molecule has 10 heteroatoms. The van der Waals surface area contributed by atoms with Crippen LogP contribution in [0.4, 0.5) is 0 Å². The number of thiophene rings is 1. The van der Waals surface area contributed by atoms with Gasteiger partial charge in [0.15, 0.2) is 23.2 Å². The maximum atomic E-state index is 11.0. The first-order chi connectivity index (χ1) is 27.4. The Bertz CT molecular complexity index is 3050. The molecule has 0 unspecified atom stereocenters. The third-order valence-electron chi connectivity index (χ3n) is 9.97. The highest BCUT2D eigenvalue weighted by molar-refractivity contribution is 7.26. The van der Waals surface area contributed by atoms with E-state index in [1.807, 2.05) is 115 Å². The summed E-state index contributed by atoms with van der Waals surface area (Å²) in [5.74, 6) is -3.46. The highest BCUT2D eigenvalue weighted by atomic mass is 32.1. The number of nitrogens with zero attached hydrogens (tertiary/aromatic N) is 4. The van der Waals surface area contributed by atoms with E-state index in [0.29, 0.717) is 29.2 Å². The topological polar surface area (TPSA) is 143 Å². The highest BCUT2D eigenvalue weighted by Crippen LogP contribution is 2.56. The van der Waals surface area contributed by atoms with Gasteiger partial charge >= 0.3 is 0 Å². The number of aromatic nitrogens is 1. The molecular weight excluding hydrogens is 721 g/mol. The van der Waals surface area contributed by atoms with Gasteiger partial charge in [0.05, 0.1) is 28.8 Å². The quantitative estimate of drug-likeness (QED) is 0.0497. The Labute approximate surface area is 324 Å². The Morgan fingerprint density at radius 2 is 1.16 bits per heavy atom. The Kier molecular flexibility index (Phi) is 8.44. The van der Waals surface area contributed by atoms with Crippen molar-refractivity contribution in [1.29, 1.82) is 0 Å². The zero-order valence-electron chi connectivity index (χ0n) is 29.6. The van der Waals surface area contributed by atoms with Crippen LogP contribution in [0.25, 0.3) is 58.8 Å². The molecular formula is C46H32N4O5S. The molecule has 0 saturated carbocycles. The maximum Gasteiger partial charge on any atom is 0.208 e. The van der Waals surface area contributed by atoms with Gasteiger partial charge in [0.25, 0.3) is 0 Å². The molecule has 5 N–H and O–H groups in total. The molecule has 0 amide bonds. The van der Waals surface area contributed by atoms with Gasteiger partial charge in [-0.1, -0.05) is 109 Å². The predicted octanol–water partition coefficient (Wildman–Crippen LogP) is 10.4. The summed E-state index contributed by atoms with van der Waals surface area (Å²) in [5.41, 5.74) is 5.24. The van der Waals surface area contributed by atoms with Crippen molar-refractivity contribution >= 4 is 71.7 Å². The molecule has 9 rings (SSSR count). The number of phenolic OH excluding ortho intramolecular Hbond substituents is 5. The monoisotopic (exact) mass is 752 g/mol. The van der Waals surface area contributed by atoms with E-state index in [-0.39, 0.29) is 5.56 Å². The Hall–Kier alpha value is -7.43. The van der Waals surface area contributed by atoms with Gasteiger partial charge in [-0.3, -0.25) is 4.99 Å². The van der Waals surface area contributed by atoms with Gasteiger partial charge in [-0.05, 0) is 48.2 Å². The minimum Gasteiger partial charge on any atom is -0.504 e. The predicted molar refractivity (Wildman–Crippen MR) is 227 cm³/mol. The minimum absolute atomic E-state index is 0.214. The van der Waals surface area contributed by atoms with E-state index in [9.17, 15) is 25.5 Å². The fourth-order valence-corrected chi connectivity index (χ4v) is 8.61. The summed E-state index contributed by atoms with van der Waals surface area (Å²) in [6, 6.07) is 45.2. The number of aromatic hydroxyl groups is 5. The van der Waals surface area contributed by atoms with Crippen molar-refractivity contribution in [3.63, 3.8) is 0 Å². The lowest BCUT2D eigenvalue weighted by Crippen LogP contribution is -2.06. The molecule has 9 aromatic rings. The number of hydrogen-bond donors (Lipinski definition) is 5. The molecule has 0 atom stereocenters. The van der Waals surface area contributed by atoms with Crippen LogP contribution in [0.3, 0.4) is 0 Å². The second-order valence-corrected chi connectivity index (χ2v) is 14.3. The van der Waals surface area contributed by atoms with E-state index in [1.54, 1.807) is 23.5 Å². The fraction of sp³-hybridized carbons (Fsp3) is 0.0217. The van der Waals surface area contributed by atoms with Gasteiger partial charge in [0, 0.05) is 42.1 Å². The first kappa shape index (κ1) is 34.3. The van der Waals surface area contributed by atoms with Crippen LogP contribution in [0.15, 0.2) is 155 Å². The van der Waals surface area contributed by atoms with Crippen molar-refractivity contribution in [3.8, 4) is 45.6 Å². The van der Waals surface area contributed by atoms with Crippen LogP contribution in [0, 0.1) is 0 Å². The summed E-state index contributed by atoms with van der Waals surface area (Å²) in [6.45, 7) is 4.40. The van der Waals surface area contributed by atoms with Gasteiger partial charge in [-0.2, -0.15) is 0 Å². The van der Waals surface area contributed by atoms with Crippen molar-refractivity contribution in [2.24, 2.45) is 15.0 Å². The SMILES string of the molecule is C=NC(=NC(=NCc1ccccc1)c1ccccc1)c1cccc2sc3cccc(-n4c5ccccc5c5c(-c6c(O)c(O)c(O)c(O)c6O)cccc54)c3c12. The third kappa shape index (κ3) is 5.50. The summed E-state index contributed by atoms with van der Waals surface area (Å²) in [6.07, 6.45) is 0. The molecule has 0 saturated heterocycles. The number of para-hydroxylation sites is 1. The first-order valence-electron chi connectivity index (χ1n) is 17.7. The van der Waals surface area contributed by atoms with E-state index < -0.39 is 28.7 Å². The Balaban J connectivity index is 1.31. The van der Waals surface area contributed by atoms with Crippen LogP contribution in [0.2, 0.25) is 0 Å². The van der Waals surface area contributed by atoms with Crippen LogP contribution >= 0.6 is 11.3 Å². The summed E-state index contributed by atoms with van der Waals surface area (Å²) in [4.78, 5) is 14.5. The van der Waals surface area contributed by atoms with E-state index >= 15 is 0 Å². The number of rotatable bonds is 6. The molecule has 0 bridgehead atoms. The molecule has 0 aliphatic rings. The molecule has 2 aromatic heterocycles. The molecule has 0 aliphatic heterocycles. The lowest BCUT2D eigenvalue weighted by molar-refractivity contribution is 0.330. The molecule has 0 spiro atoms. The van der Waals surface area contributed by atoms with E-state index in [0.717, 1.165) is 59.0 Å². The number of benzene rings is 7.